The molecule has 31 heavy (non-hydrogen) atoms. The fraction of sp³-hybridized carbons (Fsp3) is 0.522. The third-order valence-corrected chi connectivity index (χ3v) is 6.61. The number of imidazole rings is 1. The van der Waals surface area contributed by atoms with Crippen LogP contribution < -0.4 is 5.56 Å². The standard InChI is InChI=1S/C23H30N6O2/c1-16-6-20(25-31-16)13-26(2)11-18-4-5-22-19-7-17(10-29(22)23(18)30)9-28(12-19)14-21-8-24-15-27(21)3/h4-6,8,15,17,19H,7,9-14H2,1-3H3/t17-,19+/m0/s1. The lowest BCUT2D eigenvalue weighted by atomic mass is 9.83. The quantitative estimate of drug-likeness (QED) is 0.606. The van der Waals surface area contributed by atoms with Crippen LogP contribution in [0.2, 0.25) is 0 Å². The molecule has 2 aliphatic rings. The second kappa shape index (κ2) is 8.09. The normalized spacial score (nSPS) is 20.9. The summed E-state index contributed by atoms with van der Waals surface area (Å²) in [5.74, 6) is 1.74. The van der Waals surface area contributed by atoms with E-state index in [2.05, 4.69) is 30.6 Å². The molecule has 2 atom stereocenters. The van der Waals surface area contributed by atoms with E-state index in [1.807, 2.05) is 50.2 Å². The summed E-state index contributed by atoms with van der Waals surface area (Å²) in [6.07, 6.45) is 4.98. The van der Waals surface area contributed by atoms with Crippen LogP contribution in [-0.2, 0) is 33.2 Å². The summed E-state index contributed by atoms with van der Waals surface area (Å²) in [7, 11) is 4.06. The summed E-state index contributed by atoms with van der Waals surface area (Å²) in [6, 6.07) is 6.15. The van der Waals surface area contributed by atoms with Crippen molar-refractivity contribution in [2.45, 2.75) is 45.4 Å². The van der Waals surface area contributed by atoms with Gasteiger partial charge in [0.05, 0.1) is 17.7 Å². The number of nitrogens with zero attached hydrogens (tertiary/aromatic N) is 6. The second-order valence-corrected chi connectivity index (χ2v) is 9.29. The SMILES string of the molecule is Cc1cc(CN(C)Cc2ccc3n(c2=O)C[C@H]2C[C@@H]3CN(Cc3cncn3C)C2)no1. The summed E-state index contributed by atoms with van der Waals surface area (Å²) in [4.78, 5) is 22.2. The van der Waals surface area contributed by atoms with E-state index < -0.39 is 0 Å². The highest BCUT2D eigenvalue weighted by atomic mass is 16.5. The largest absolute Gasteiger partial charge is 0.361 e. The van der Waals surface area contributed by atoms with Crippen molar-refractivity contribution in [1.29, 1.82) is 0 Å². The number of hydrogen-bond donors (Lipinski definition) is 0. The molecule has 5 heterocycles. The van der Waals surface area contributed by atoms with Gasteiger partial charge in [-0.15, -0.1) is 0 Å². The molecule has 1 saturated heterocycles. The summed E-state index contributed by atoms with van der Waals surface area (Å²) in [5, 5.41) is 4.06. The zero-order valence-corrected chi connectivity index (χ0v) is 18.5. The summed E-state index contributed by atoms with van der Waals surface area (Å²) in [5.41, 5.74) is 4.32. The number of aryl methyl sites for hydroxylation is 2. The topological polar surface area (TPSA) is 72.3 Å². The number of piperidine rings is 1. The van der Waals surface area contributed by atoms with Crippen molar-refractivity contribution >= 4 is 0 Å². The van der Waals surface area contributed by atoms with Gasteiger partial charge in [-0.1, -0.05) is 11.2 Å². The smallest absolute Gasteiger partial charge is 0.255 e. The van der Waals surface area contributed by atoms with Gasteiger partial charge in [-0.05, 0) is 32.4 Å². The van der Waals surface area contributed by atoms with Crippen LogP contribution in [0.15, 0.2) is 40.0 Å². The van der Waals surface area contributed by atoms with Crippen LogP contribution in [0.1, 0.15) is 40.7 Å². The van der Waals surface area contributed by atoms with Crippen molar-refractivity contribution < 1.29 is 4.52 Å². The summed E-state index contributed by atoms with van der Waals surface area (Å²) < 4.78 is 9.29. The van der Waals surface area contributed by atoms with Crippen LogP contribution in [0.25, 0.3) is 0 Å². The highest BCUT2D eigenvalue weighted by Gasteiger charge is 2.35. The fourth-order valence-electron chi connectivity index (χ4n) is 5.22. The lowest BCUT2D eigenvalue weighted by molar-refractivity contribution is 0.112. The Morgan fingerprint density at radius 1 is 1.23 bits per heavy atom. The first-order chi connectivity index (χ1) is 15.0. The summed E-state index contributed by atoms with van der Waals surface area (Å²) >= 11 is 0. The Morgan fingerprint density at radius 2 is 2.10 bits per heavy atom. The first kappa shape index (κ1) is 20.2. The number of likely N-dealkylation sites (tertiary alicyclic amines) is 1. The molecule has 2 bridgehead atoms. The highest BCUT2D eigenvalue weighted by Crippen LogP contribution is 2.35. The minimum absolute atomic E-state index is 0.162. The monoisotopic (exact) mass is 422 g/mol. The van der Waals surface area contributed by atoms with E-state index in [4.69, 9.17) is 4.52 Å². The van der Waals surface area contributed by atoms with Gasteiger partial charge in [0.2, 0.25) is 0 Å². The second-order valence-electron chi connectivity index (χ2n) is 9.29. The maximum atomic E-state index is 13.3. The molecule has 8 heteroatoms. The van der Waals surface area contributed by atoms with Crippen molar-refractivity contribution in [3.63, 3.8) is 0 Å². The molecule has 0 saturated carbocycles. The Bertz CT molecular complexity index is 1130. The molecule has 3 aromatic rings. The zero-order chi connectivity index (χ0) is 21.5. The van der Waals surface area contributed by atoms with Gasteiger partial charge in [0, 0.05) is 75.8 Å². The molecule has 0 radical (unpaired) electrons. The van der Waals surface area contributed by atoms with Crippen molar-refractivity contribution in [2.75, 3.05) is 20.1 Å². The first-order valence-corrected chi connectivity index (χ1v) is 11.0. The van der Waals surface area contributed by atoms with E-state index in [0.29, 0.717) is 24.9 Å². The summed E-state index contributed by atoms with van der Waals surface area (Å²) in [6.45, 7) is 6.90. The van der Waals surface area contributed by atoms with E-state index in [0.717, 1.165) is 43.2 Å². The molecule has 0 amide bonds. The van der Waals surface area contributed by atoms with Gasteiger partial charge in [-0.25, -0.2) is 4.98 Å². The number of aromatic nitrogens is 4. The van der Waals surface area contributed by atoms with E-state index >= 15 is 0 Å². The number of rotatable bonds is 6. The van der Waals surface area contributed by atoms with Crippen LogP contribution in [-0.4, -0.2) is 49.2 Å². The number of fused-ring (bicyclic) bond motifs is 4. The predicted octanol–water partition coefficient (Wildman–Crippen LogP) is 2.13. The molecule has 0 N–H and O–H groups in total. The van der Waals surface area contributed by atoms with Crippen molar-refractivity contribution in [2.24, 2.45) is 13.0 Å². The Kier molecular flexibility index (Phi) is 5.27. The fourth-order valence-corrected chi connectivity index (χ4v) is 5.22. The molecule has 0 unspecified atom stereocenters. The molecular weight excluding hydrogens is 392 g/mol. The van der Waals surface area contributed by atoms with Gasteiger partial charge < -0.3 is 13.7 Å². The van der Waals surface area contributed by atoms with E-state index in [9.17, 15) is 4.79 Å². The van der Waals surface area contributed by atoms with Crippen LogP contribution in [0.5, 0.6) is 0 Å². The van der Waals surface area contributed by atoms with Gasteiger partial charge >= 0.3 is 0 Å². The average Bonchev–Trinajstić information content (AvgIpc) is 3.32. The molecule has 5 rings (SSSR count). The average molecular weight is 423 g/mol. The van der Waals surface area contributed by atoms with Crippen LogP contribution in [0.3, 0.4) is 0 Å². The van der Waals surface area contributed by atoms with Crippen LogP contribution in [0, 0.1) is 12.8 Å². The molecule has 3 aromatic heterocycles. The van der Waals surface area contributed by atoms with Crippen LogP contribution >= 0.6 is 0 Å². The minimum atomic E-state index is 0.162. The lowest BCUT2D eigenvalue weighted by Gasteiger charge is -2.43. The van der Waals surface area contributed by atoms with Gasteiger partial charge in [-0.3, -0.25) is 14.6 Å². The van der Waals surface area contributed by atoms with Gasteiger partial charge in [0.25, 0.3) is 5.56 Å². The third-order valence-electron chi connectivity index (χ3n) is 6.61. The molecule has 164 valence electrons. The Labute approximate surface area is 182 Å². The lowest BCUT2D eigenvalue weighted by Crippen LogP contribution is -2.47. The Balaban J connectivity index is 1.31. The highest BCUT2D eigenvalue weighted by molar-refractivity contribution is 5.22. The van der Waals surface area contributed by atoms with E-state index in [1.165, 1.54) is 17.8 Å². The van der Waals surface area contributed by atoms with Crippen LogP contribution in [0.4, 0.5) is 0 Å². The molecule has 8 nitrogen and oxygen atoms in total. The zero-order valence-electron chi connectivity index (χ0n) is 18.5. The number of pyridine rings is 1. The molecule has 0 aromatic carbocycles. The first-order valence-electron chi connectivity index (χ1n) is 11.0. The molecule has 2 aliphatic heterocycles. The van der Waals surface area contributed by atoms with Crippen molar-refractivity contribution in [3.05, 3.63) is 69.5 Å². The number of hydrogen-bond acceptors (Lipinski definition) is 6. The Hall–Kier alpha value is -2.71. The van der Waals surface area contributed by atoms with Gasteiger partial charge in [0.1, 0.15) is 5.76 Å². The molecule has 0 aliphatic carbocycles. The minimum Gasteiger partial charge on any atom is -0.361 e. The van der Waals surface area contributed by atoms with Crippen molar-refractivity contribution in [1.82, 2.24) is 29.1 Å². The van der Waals surface area contributed by atoms with E-state index in [1.54, 1.807) is 0 Å². The van der Waals surface area contributed by atoms with Gasteiger partial charge in [0.15, 0.2) is 0 Å². The predicted molar refractivity (Wildman–Crippen MR) is 116 cm³/mol. The van der Waals surface area contributed by atoms with E-state index in [-0.39, 0.29) is 5.56 Å². The maximum absolute atomic E-state index is 13.3. The molecular formula is C23H30N6O2. The van der Waals surface area contributed by atoms with Crippen molar-refractivity contribution in [3.8, 4) is 0 Å². The third kappa shape index (κ3) is 4.09. The molecule has 1 fully saturated rings. The maximum Gasteiger partial charge on any atom is 0.255 e. The Morgan fingerprint density at radius 3 is 2.84 bits per heavy atom. The molecule has 0 spiro atoms. The van der Waals surface area contributed by atoms with Gasteiger partial charge in [-0.2, -0.15) is 0 Å².